The molecule has 1 atom stereocenters. The summed E-state index contributed by atoms with van der Waals surface area (Å²) < 4.78 is 134. The van der Waals surface area contributed by atoms with Crippen molar-refractivity contribution < 1.29 is 49.0 Å². The lowest BCUT2D eigenvalue weighted by atomic mass is 9.86. The molecule has 0 radical (unpaired) electrons. The van der Waals surface area contributed by atoms with Gasteiger partial charge in [-0.1, -0.05) is 6.07 Å². The van der Waals surface area contributed by atoms with Gasteiger partial charge in [-0.3, -0.25) is 5.01 Å². The van der Waals surface area contributed by atoms with E-state index in [1.54, 1.807) is 0 Å². The van der Waals surface area contributed by atoms with Crippen LogP contribution >= 0.6 is 0 Å². The molecule has 0 aromatic heterocycles. The van der Waals surface area contributed by atoms with E-state index < -0.39 is 47.9 Å². The quantitative estimate of drug-likeness (QED) is 0.358. The number of rotatable bonds is 7. The Morgan fingerprint density at radius 3 is 1.95 bits per heavy atom. The molecule has 2 aromatic carbocycles. The number of hydrogen-bond acceptors (Lipinski definition) is 7. The number of alkyl halides is 9. The van der Waals surface area contributed by atoms with Crippen molar-refractivity contribution in [2.24, 2.45) is 11.0 Å². The summed E-state index contributed by atoms with van der Waals surface area (Å²) in [6, 6.07) is 4.34. The summed E-state index contributed by atoms with van der Waals surface area (Å²) in [5.74, 6) is -0.0448. The van der Waals surface area contributed by atoms with Crippen LogP contribution in [0.3, 0.4) is 0 Å². The average Bonchev–Trinajstić information content (AvgIpc) is 3.26. The van der Waals surface area contributed by atoms with Crippen molar-refractivity contribution in [3.05, 3.63) is 69.8 Å². The van der Waals surface area contributed by atoms with E-state index in [1.165, 1.54) is 42.3 Å². The van der Waals surface area contributed by atoms with Crippen LogP contribution in [0.4, 0.5) is 39.5 Å². The van der Waals surface area contributed by atoms with Gasteiger partial charge < -0.3 is 14.4 Å². The molecule has 1 N–H and O–H groups in total. The maximum Gasteiger partial charge on any atom is 0.416 e. The molecule has 1 saturated heterocycles. The van der Waals surface area contributed by atoms with Crippen LogP contribution in [-0.4, -0.2) is 55.4 Å². The minimum atomic E-state index is -5.08. The molecule has 7 nitrogen and oxygen atoms in total. The molecule has 0 amide bonds. The molecule has 2 aromatic rings. The first-order chi connectivity index (χ1) is 20.0. The van der Waals surface area contributed by atoms with E-state index >= 15 is 0 Å². The van der Waals surface area contributed by atoms with Crippen molar-refractivity contribution >= 4 is 5.96 Å². The number of nitrogens with zero attached hydrogens (tertiary/aromatic N) is 4. The van der Waals surface area contributed by atoms with Gasteiger partial charge in [0.05, 0.1) is 22.8 Å². The summed E-state index contributed by atoms with van der Waals surface area (Å²) in [6.45, 7) is -0.0263. The highest BCUT2D eigenvalue weighted by Gasteiger charge is 2.38. The molecule has 2 aliphatic rings. The highest BCUT2D eigenvalue weighted by Crippen LogP contribution is 2.39. The van der Waals surface area contributed by atoms with Gasteiger partial charge in [-0.05, 0) is 65.8 Å². The summed E-state index contributed by atoms with van der Waals surface area (Å²) in [5, 5.41) is 6.82. The lowest BCUT2D eigenvalue weighted by molar-refractivity contribution is -0.143. The summed E-state index contributed by atoms with van der Waals surface area (Å²) in [5.41, 5.74) is -1.04. The van der Waals surface area contributed by atoms with Gasteiger partial charge in [-0.25, -0.2) is 5.12 Å². The first-order valence-corrected chi connectivity index (χ1v) is 13.1. The Kier molecular flexibility index (Phi) is 9.42. The Hall–Kier alpha value is -3.24. The van der Waals surface area contributed by atoms with Gasteiger partial charge in [-0.15, -0.1) is 10.6 Å². The number of nitrogens with one attached hydrogen (secondary N) is 1. The molecule has 238 valence electrons. The Morgan fingerprint density at radius 2 is 1.47 bits per heavy atom. The molecular formula is C27H30F9N5O2. The second-order valence-electron chi connectivity index (χ2n) is 10.4. The fraction of sp³-hybridized carbons (Fsp3) is 0.519. The molecule has 0 saturated carbocycles. The highest BCUT2D eigenvalue weighted by molar-refractivity contribution is 5.80. The van der Waals surface area contributed by atoms with Crippen LogP contribution in [0.25, 0.3) is 0 Å². The maximum absolute atomic E-state index is 13.8. The lowest BCUT2D eigenvalue weighted by Crippen LogP contribution is -2.45. The van der Waals surface area contributed by atoms with Crippen LogP contribution in [0.5, 0.6) is 0 Å². The zero-order valence-corrected chi connectivity index (χ0v) is 23.4. The first kappa shape index (κ1) is 32.7. The predicted molar refractivity (Wildman–Crippen MR) is 137 cm³/mol. The van der Waals surface area contributed by atoms with E-state index in [0.29, 0.717) is 43.8 Å². The van der Waals surface area contributed by atoms with Crippen molar-refractivity contribution in [3.63, 3.8) is 0 Å². The summed E-state index contributed by atoms with van der Waals surface area (Å²) in [4.78, 5) is 1.31. The number of methoxy groups -OCH3 is 1. The Balaban J connectivity index is 1.82. The first-order valence-electron chi connectivity index (χ1n) is 13.1. The van der Waals surface area contributed by atoms with Gasteiger partial charge >= 0.3 is 18.5 Å². The zero-order valence-electron chi connectivity index (χ0n) is 23.4. The van der Waals surface area contributed by atoms with Crippen LogP contribution in [-0.2, 0) is 41.1 Å². The van der Waals surface area contributed by atoms with Crippen LogP contribution in [0.15, 0.2) is 41.5 Å². The third-order valence-corrected chi connectivity index (χ3v) is 7.22. The van der Waals surface area contributed by atoms with E-state index in [9.17, 15) is 39.5 Å². The third-order valence-electron chi connectivity index (χ3n) is 7.22. The summed E-state index contributed by atoms with van der Waals surface area (Å²) >= 11 is 0. The number of hydrazine groups is 2. The van der Waals surface area contributed by atoms with E-state index in [4.69, 9.17) is 9.47 Å². The van der Waals surface area contributed by atoms with E-state index in [2.05, 4.69) is 10.6 Å². The third kappa shape index (κ3) is 7.84. The van der Waals surface area contributed by atoms with Crippen LogP contribution in [0, 0.1) is 5.92 Å². The molecule has 1 fully saturated rings. The number of hydrogen-bond donors (Lipinski definition) is 1. The van der Waals surface area contributed by atoms with Crippen molar-refractivity contribution in [2.45, 2.75) is 50.6 Å². The van der Waals surface area contributed by atoms with Gasteiger partial charge in [0, 0.05) is 47.5 Å². The minimum Gasteiger partial charge on any atom is -0.381 e. The largest absolute Gasteiger partial charge is 0.416 e. The van der Waals surface area contributed by atoms with E-state index in [0.717, 1.165) is 12.1 Å². The second kappa shape index (κ2) is 12.4. The Bertz CT molecular complexity index is 1270. The minimum absolute atomic E-state index is 0.0182. The second-order valence-corrected chi connectivity index (χ2v) is 10.4. The van der Waals surface area contributed by atoms with Gasteiger partial charge in [0.1, 0.15) is 0 Å². The van der Waals surface area contributed by atoms with Crippen LogP contribution in [0.2, 0.25) is 0 Å². The van der Waals surface area contributed by atoms with Crippen molar-refractivity contribution in [2.75, 3.05) is 34.4 Å². The number of halogens is 9. The molecule has 0 unspecified atom stereocenters. The standard InChI is InChI=1S/C27H30F9N5O2/c1-39-24(37-40(2)38-39)41(14-16-10-20(26(31,32)33)13-21(11-16)27(34,35)36)15-18-12-19(25(28,29)30)4-5-22(18)23(42-3)17-6-8-43-9-7-17/h4-5,10-13,17,23,38H,6-9,14-15H2,1-3H3/t23-/m0/s1. The maximum atomic E-state index is 13.8. The molecule has 0 aliphatic carbocycles. The van der Waals surface area contributed by atoms with Gasteiger partial charge in [0.2, 0.25) is 5.96 Å². The molecular weight excluding hydrogens is 597 g/mol. The van der Waals surface area contributed by atoms with Crippen LogP contribution < -0.4 is 5.53 Å². The van der Waals surface area contributed by atoms with Crippen molar-refractivity contribution in [1.29, 1.82) is 0 Å². The SMILES string of the molecule is CO[C@H](c1ccc(C(F)(F)F)cc1CN(Cc1cc(C(F)(F)F)cc(C(F)(F)F)c1)C1=NN(C)NN1C)C1CCOCC1. The summed E-state index contributed by atoms with van der Waals surface area (Å²) in [7, 11) is 4.42. The van der Waals surface area contributed by atoms with E-state index in [-0.39, 0.29) is 35.6 Å². The lowest BCUT2D eigenvalue weighted by Gasteiger charge is -2.33. The van der Waals surface area contributed by atoms with Gasteiger partial charge in [0.15, 0.2) is 0 Å². The Morgan fingerprint density at radius 1 is 0.884 bits per heavy atom. The molecule has 43 heavy (non-hydrogen) atoms. The fourth-order valence-corrected chi connectivity index (χ4v) is 5.28. The number of hydrazone groups is 1. The van der Waals surface area contributed by atoms with Crippen molar-refractivity contribution in [3.8, 4) is 0 Å². The van der Waals surface area contributed by atoms with Gasteiger partial charge in [-0.2, -0.15) is 39.5 Å². The normalized spacial score (nSPS) is 17.8. The monoisotopic (exact) mass is 627 g/mol. The molecule has 4 rings (SSSR count). The fourth-order valence-electron chi connectivity index (χ4n) is 5.28. The highest BCUT2D eigenvalue weighted by atomic mass is 19.4. The zero-order chi connectivity index (χ0) is 31.7. The molecule has 2 aliphatic heterocycles. The predicted octanol–water partition coefficient (Wildman–Crippen LogP) is 6.43. The smallest absolute Gasteiger partial charge is 0.381 e. The van der Waals surface area contributed by atoms with E-state index in [1.807, 2.05) is 0 Å². The summed E-state index contributed by atoms with van der Waals surface area (Å²) in [6.07, 6.45) is -14.3. The average molecular weight is 628 g/mol. The number of benzene rings is 2. The molecule has 0 spiro atoms. The molecule has 16 heteroatoms. The Labute approximate surface area is 241 Å². The molecule has 0 bridgehead atoms. The molecule has 2 heterocycles. The van der Waals surface area contributed by atoms with Gasteiger partial charge in [0.25, 0.3) is 0 Å². The van der Waals surface area contributed by atoms with Crippen LogP contribution in [0.1, 0.15) is 52.3 Å². The topological polar surface area (TPSA) is 52.6 Å². The van der Waals surface area contributed by atoms with Crippen molar-refractivity contribution in [1.82, 2.24) is 20.6 Å². The number of ether oxygens (including phenoxy) is 2. The number of guanidine groups is 1.